The van der Waals surface area contributed by atoms with Crippen molar-refractivity contribution in [1.82, 2.24) is 15.5 Å². The standard InChI is InChI=1S/C20H29N5O4/c1-14(2)22-23-18-9-10-19(25-24-18)29-13-20(3,4)21-11-15(26)12-28-17-8-6-5-7-16(17)27/h5-10,15,21,26-27H,11-13H2,1-4H3,(H,23,24). The van der Waals surface area contributed by atoms with E-state index in [4.69, 9.17) is 9.47 Å². The second kappa shape index (κ2) is 10.6. The molecule has 1 aromatic heterocycles. The van der Waals surface area contributed by atoms with Crippen LogP contribution >= 0.6 is 0 Å². The Morgan fingerprint density at radius 3 is 2.55 bits per heavy atom. The van der Waals surface area contributed by atoms with Crippen molar-refractivity contribution < 1.29 is 19.7 Å². The number of aliphatic hydroxyl groups excluding tert-OH is 1. The van der Waals surface area contributed by atoms with Gasteiger partial charge in [0.05, 0.1) is 0 Å². The molecule has 0 aliphatic carbocycles. The summed E-state index contributed by atoms with van der Waals surface area (Å²) in [6.07, 6.45) is -0.749. The fraction of sp³-hybridized carbons (Fsp3) is 0.450. The molecule has 2 rings (SSSR count). The monoisotopic (exact) mass is 403 g/mol. The molecule has 158 valence electrons. The van der Waals surface area contributed by atoms with E-state index in [9.17, 15) is 10.2 Å². The fourth-order valence-electron chi connectivity index (χ4n) is 2.15. The molecular weight excluding hydrogens is 374 g/mol. The number of aliphatic hydroxyl groups is 1. The minimum Gasteiger partial charge on any atom is -0.504 e. The van der Waals surface area contributed by atoms with Gasteiger partial charge in [-0.25, -0.2) is 0 Å². The van der Waals surface area contributed by atoms with E-state index in [1.54, 1.807) is 30.3 Å². The summed E-state index contributed by atoms with van der Waals surface area (Å²) in [6.45, 7) is 8.34. The Bertz CT molecular complexity index is 792. The molecule has 2 aromatic rings. The summed E-state index contributed by atoms with van der Waals surface area (Å²) in [4.78, 5) is 0. The Labute approximate surface area is 170 Å². The summed E-state index contributed by atoms with van der Waals surface area (Å²) in [5.41, 5.74) is 3.26. The summed E-state index contributed by atoms with van der Waals surface area (Å²) in [7, 11) is 0. The zero-order valence-electron chi connectivity index (χ0n) is 17.2. The second-order valence-corrected chi connectivity index (χ2v) is 7.41. The molecule has 9 heteroatoms. The normalized spacial score (nSPS) is 12.2. The highest BCUT2D eigenvalue weighted by molar-refractivity contribution is 5.79. The van der Waals surface area contributed by atoms with Crippen LogP contribution in [0.15, 0.2) is 41.5 Å². The Kier molecular flexibility index (Phi) is 8.17. The van der Waals surface area contributed by atoms with Crippen LogP contribution in [0.1, 0.15) is 27.7 Å². The number of aromatic nitrogens is 2. The fourth-order valence-corrected chi connectivity index (χ4v) is 2.15. The average Bonchev–Trinajstić information content (AvgIpc) is 2.69. The van der Waals surface area contributed by atoms with Crippen molar-refractivity contribution >= 4 is 11.5 Å². The topological polar surface area (TPSA) is 121 Å². The lowest BCUT2D eigenvalue weighted by molar-refractivity contribution is 0.0910. The van der Waals surface area contributed by atoms with Gasteiger partial charge in [-0.3, -0.25) is 5.43 Å². The first-order valence-electron chi connectivity index (χ1n) is 9.32. The van der Waals surface area contributed by atoms with E-state index in [0.29, 0.717) is 30.6 Å². The predicted molar refractivity (Wildman–Crippen MR) is 112 cm³/mol. The first-order valence-corrected chi connectivity index (χ1v) is 9.32. The molecule has 0 saturated heterocycles. The lowest BCUT2D eigenvalue weighted by Gasteiger charge is -2.27. The van der Waals surface area contributed by atoms with Crippen LogP contribution in [0.2, 0.25) is 0 Å². The SMILES string of the molecule is CC(C)=NNc1ccc(OCC(C)(C)NCC(O)COc2ccccc2O)nn1. The van der Waals surface area contributed by atoms with Crippen LogP contribution in [0.25, 0.3) is 0 Å². The highest BCUT2D eigenvalue weighted by Gasteiger charge is 2.20. The molecule has 0 spiro atoms. The number of nitrogens with zero attached hydrogens (tertiary/aromatic N) is 3. The molecule has 0 saturated carbocycles. The molecule has 0 fully saturated rings. The van der Waals surface area contributed by atoms with Gasteiger partial charge < -0.3 is 25.0 Å². The third kappa shape index (κ3) is 8.32. The number of phenols is 1. The molecule has 0 aliphatic heterocycles. The number of β-amino-alcohol motifs (C(OH)–C–C–N with tert-alkyl or cyclic N) is 1. The van der Waals surface area contributed by atoms with E-state index in [1.807, 2.05) is 27.7 Å². The van der Waals surface area contributed by atoms with Crippen LogP contribution in [0.5, 0.6) is 17.4 Å². The highest BCUT2D eigenvalue weighted by atomic mass is 16.5. The number of benzene rings is 1. The van der Waals surface area contributed by atoms with E-state index in [1.165, 1.54) is 6.07 Å². The molecule has 29 heavy (non-hydrogen) atoms. The number of anilines is 1. The Morgan fingerprint density at radius 2 is 1.90 bits per heavy atom. The van der Waals surface area contributed by atoms with Crippen LogP contribution in [0.4, 0.5) is 5.82 Å². The van der Waals surface area contributed by atoms with Gasteiger partial charge in [-0.2, -0.15) is 5.10 Å². The number of hydrogen-bond acceptors (Lipinski definition) is 9. The number of para-hydroxylation sites is 2. The summed E-state index contributed by atoms with van der Waals surface area (Å²) in [5, 5.41) is 35.1. The van der Waals surface area contributed by atoms with Crippen LogP contribution in [0.3, 0.4) is 0 Å². The summed E-state index contributed by atoms with van der Waals surface area (Å²) < 4.78 is 11.1. The Morgan fingerprint density at radius 1 is 1.14 bits per heavy atom. The van der Waals surface area contributed by atoms with Gasteiger partial charge in [-0.1, -0.05) is 12.1 Å². The largest absolute Gasteiger partial charge is 0.504 e. The summed E-state index contributed by atoms with van der Waals surface area (Å²) in [5.74, 6) is 1.31. The smallest absolute Gasteiger partial charge is 0.233 e. The molecule has 0 aliphatic rings. The molecular formula is C20H29N5O4. The summed E-state index contributed by atoms with van der Waals surface area (Å²) >= 11 is 0. The Hall–Kier alpha value is -2.91. The van der Waals surface area contributed by atoms with Gasteiger partial charge in [0, 0.05) is 23.9 Å². The number of rotatable bonds is 11. The van der Waals surface area contributed by atoms with E-state index >= 15 is 0 Å². The van der Waals surface area contributed by atoms with Crippen molar-refractivity contribution in [2.75, 3.05) is 25.2 Å². The van der Waals surface area contributed by atoms with Crippen molar-refractivity contribution in [3.05, 3.63) is 36.4 Å². The molecule has 0 amide bonds. The van der Waals surface area contributed by atoms with E-state index in [2.05, 4.69) is 26.0 Å². The Balaban J connectivity index is 1.73. The average molecular weight is 403 g/mol. The van der Waals surface area contributed by atoms with Crippen molar-refractivity contribution in [2.45, 2.75) is 39.3 Å². The third-order valence-electron chi connectivity index (χ3n) is 3.73. The maximum atomic E-state index is 10.1. The van der Waals surface area contributed by atoms with E-state index < -0.39 is 11.6 Å². The first kappa shape index (κ1) is 22.4. The van der Waals surface area contributed by atoms with Crippen molar-refractivity contribution in [2.24, 2.45) is 5.10 Å². The van der Waals surface area contributed by atoms with Crippen molar-refractivity contribution in [1.29, 1.82) is 0 Å². The maximum Gasteiger partial charge on any atom is 0.233 e. The lowest BCUT2D eigenvalue weighted by Crippen LogP contribution is -2.48. The van der Waals surface area contributed by atoms with E-state index in [-0.39, 0.29) is 12.4 Å². The van der Waals surface area contributed by atoms with Crippen molar-refractivity contribution in [3.8, 4) is 17.4 Å². The third-order valence-corrected chi connectivity index (χ3v) is 3.73. The molecule has 1 atom stereocenters. The number of hydrazone groups is 1. The van der Waals surface area contributed by atoms with Gasteiger partial charge in [0.15, 0.2) is 17.3 Å². The van der Waals surface area contributed by atoms with Crippen LogP contribution in [0, 0.1) is 0 Å². The molecule has 0 radical (unpaired) electrons. The van der Waals surface area contributed by atoms with E-state index in [0.717, 1.165) is 5.71 Å². The minimum atomic E-state index is -0.749. The van der Waals surface area contributed by atoms with Gasteiger partial charge in [0.2, 0.25) is 5.88 Å². The molecule has 1 aromatic carbocycles. The van der Waals surface area contributed by atoms with Crippen LogP contribution in [-0.2, 0) is 0 Å². The lowest BCUT2D eigenvalue weighted by atomic mass is 10.1. The number of aromatic hydroxyl groups is 1. The quantitative estimate of drug-likeness (QED) is 0.333. The maximum absolute atomic E-state index is 10.1. The summed E-state index contributed by atoms with van der Waals surface area (Å²) in [6, 6.07) is 10.1. The minimum absolute atomic E-state index is 0.0420. The van der Waals surface area contributed by atoms with Gasteiger partial charge in [0.1, 0.15) is 19.3 Å². The highest BCUT2D eigenvalue weighted by Crippen LogP contribution is 2.24. The second-order valence-electron chi connectivity index (χ2n) is 7.41. The van der Waals surface area contributed by atoms with Gasteiger partial charge in [0.25, 0.3) is 0 Å². The zero-order valence-corrected chi connectivity index (χ0v) is 17.2. The molecule has 4 N–H and O–H groups in total. The van der Waals surface area contributed by atoms with Crippen LogP contribution in [-0.4, -0.2) is 57.5 Å². The van der Waals surface area contributed by atoms with Crippen molar-refractivity contribution in [3.63, 3.8) is 0 Å². The van der Waals surface area contributed by atoms with Gasteiger partial charge in [-0.05, 0) is 45.9 Å². The number of phenolic OH excluding ortho intramolecular Hbond substituents is 1. The van der Waals surface area contributed by atoms with Gasteiger partial charge in [-0.15, -0.1) is 10.2 Å². The molecule has 0 bridgehead atoms. The number of ether oxygens (including phenoxy) is 2. The molecule has 9 nitrogen and oxygen atoms in total. The number of hydrogen-bond donors (Lipinski definition) is 4. The zero-order chi connectivity index (χ0) is 21.3. The first-order chi connectivity index (χ1) is 13.7. The molecule has 1 heterocycles. The van der Waals surface area contributed by atoms with Crippen LogP contribution < -0.4 is 20.2 Å². The van der Waals surface area contributed by atoms with Gasteiger partial charge >= 0.3 is 0 Å². The molecule has 1 unspecified atom stereocenters. The number of nitrogens with one attached hydrogen (secondary N) is 2. The predicted octanol–water partition coefficient (Wildman–Crippen LogP) is 2.18.